The number of carbonyl (C=O) groups excluding carboxylic acids is 1. The highest BCUT2D eigenvalue weighted by Gasteiger charge is 2.69. The number of nitrogens with one attached hydrogen (secondary N) is 1. The van der Waals surface area contributed by atoms with Crippen LogP contribution in [0.15, 0.2) is 22.7 Å². The van der Waals surface area contributed by atoms with Crippen LogP contribution in [-0.2, 0) is 4.74 Å². The molecule has 1 aromatic carbocycles. The average Bonchev–Trinajstić information content (AvgIpc) is 2.71. The van der Waals surface area contributed by atoms with Gasteiger partial charge in [-0.25, -0.2) is 9.78 Å². The number of carbonyl (C=O) groups is 1. The number of hydrogen-bond acceptors (Lipinski definition) is 8. The Morgan fingerprint density at radius 1 is 1.22 bits per heavy atom. The predicted octanol–water partition coefficient (Wildman–Crippen LogP) is 4.83. The minimum atomic E-state index is -0.622. The molecule has 2 aromatic rings. The number of nitriles is 2. The standard InChI is InChI=1S/C23H20BrN5O3/c1-13-7-15(5-4-6-25)8-14(2)18(13)32-19-16(24)17(20(30)31-3)27-21(28-19)29-23-9-22(10-23,11-23)12-26/h4-5,7-8H,9-11H2,1-3H3,(H,27,28,29)/b5-4+. The maximum Gasteiger partial charge on any atom is 0.358 e. The summed E-state index contributed by atoms with van der Waals surface area (Å²) in [5, 5.41) is 21.3. The summed E-state index contributed by atoms with van der Waals surface area (Å²) in [4.78, 5) is 21.2. The molecule has 1 aromatic heterocycles. The van der Waals surface area contributed by atoms with Crippen LogP contribution in [0.1, 0.15) is 46.4 Å². The molecule has 3 saturated carbocycles. The lowest BCUT2D eigenvalue weighted by Crippen LogP contribution is -2.70. The number of hydrogen-bond donors (Lipinski definition) is 1. The molecule has 3 aliphatic rings. The van der Waals surface area contributed by atoms with Crippen molar-refractivity contribution < 1.29 is 14.3 Å². The lowest BCUT2D eigenvalue weighted by molar-refractivity contribution is -0.0665. The van der Waals surface area contributed by atoms with Gasteiger partial charge in [0.2, 0.25) is 11.8 Å². The molecule has 0 atom stereocenters. The molecule has 3 aliphatic carbocycles. The Hall–Kier alpha value is -3.43. The lowest BCUT2D eigenvalue weighted by Gasteiger charge is -2.66. The molecular weight excluding hydrogens is 474 g/mol. The first-order chi connectivity index (χ1) is 15.2. The first kappa shape index (κ1) is 21.8. The van der Waals surface area contributed by atoms with E-state index in [2.05, 4.69) is 37.3 Å². The van der Waals surface area contributed by atoms with Crippen LogP contribution in [0.2, 0.25) is 0 Å². The molecule has 8 nitrogen and oxygen atoms in total. The van der Waals surface area contributed by atoms with Gasteiger partial charge in [0.1, 0.15) is 10.2 Å². The van der Waals surface area contributed by atoms with Crippen molar-refractivity contribution >= 4 is 33.9 Å². The third-order valence-electron chi connectivity index (χ3n) is 5.88. The molecule has 162 valence electrons. The largest absolute Gasteiger partial charge is 0.464 e. The molecule has 9 heteroatoms. The van der Waals surface area contributed by atoms with Gasteiger partial charge in [0, 0.05) is 11.6 Å². The van der Waals surface area contributed by atoms with Crippen LogP contribution in [0, 0.1) is 41.9 Å². The Labute approximate surface area is 194 Å². The Balaban J connectivity index is 1.68. The maximum absolute atomic E-state index is 12.3. The number of benzene rings is 1. The summed E-state index contributed by atoms with van der Waals surface area (Å²) in [6.07, 6.45) is 5.33. The third kappa shape index (κ3) is 3.69. The number of aryl methyl sites for hydroxylation is 2. The number of halogens is 1. The van der Waals surface area contributed by atoms with Crippen molar-refractivity contribution in [3.05, 3.63) is 45.1 Å². The van der Waals surface area contributed by atoms with Crippen LogP contribution in [0.5, 0.6) is 11.6 Å². The number of anilines is 1. The van der Waals surface area contributed by atoms with Crippen molar-refractivity contribution in [3.8, 4) is 23.8 Å². The fraction of sp³-hybridized carbons (Fsp3) is 0.348. The van der Waals surface area contributed by atoms with Gasteiger partial charge in [0.25, 0.3) is 0 Å². The van der Waals surface area contributed by atoms with Gasteiger partial charge in [0.05, 0.1) is 24.7 Å². The number of esters is 1. The lowest BCUT2D eigenvalue weighted by atomic mass is 9.40. The third-order valence-corrected chi connectivity index (χ3v) is 6.59. The van der Waals surface area contributed by atoms with Crippen molar-refractivity contribution in [1.29, 1.82) is 10.5 Å². The minimum absolute atomic E-state index is 0.0467. The monoisotopic (exact) mass is 493 g/mol. The van der Waals surface area contributed by atoms with Crippen molar-refractivity contribution in [2.45, 2.75) is 38.6 Å². The molecule has 32 heavy (non-hydrogen) atoms. The number of methoxy groups -OCH3 is 1. The number of rotatable bonds is 6. The molecule has 1 N–H and O–H groups in total. The molecule has 5 rings (SSSR count). The summed E-state index contributed by atoms with van der Waals surface area (Å²) in [5.74, 6) is 0.396. The van der Waals surface area contributed by atoms with Gasteiger partial charge in [-0.05, 0) is 83.9 Å². The Morgan fingerprint density at radius 2 is 1.88 bits per heavy atom. The molecule has 0 radical (unpaired) electrons. The van der Waals surface area contributed by atoms with E-state index in [1.54, 1.807) is 6.08 Å². The van der Waals surface area contributed by atoms with Crippen LogP contribution in [-0.4, -0.2) is 28.6 Å². The Kier molecular flexibility index (Phi) is 5.39. The van der Waals surface area contributed by atoms with E-state index in [1.807, 2.05) is 32.0 Å². The summed E-state index contributed by atoms with van der Waals surface area (Å²) in [6, 6.07) is 8.14. The first-order valence-corrected chi connectivity index (χ1v) is 10.7. The SMILES string of the molecule is COC(=O)c1nc(NC23CC(C#N)(C2)C3)nc(Oc2c(C)cc(/C=C/C#N)cc2C)c1Br. The van der Waals surface area contributed by atoms with E-state index in [0.29, 0.717) is 5.75 Å². The summed E-state index contributed by atoms with van der Waals surface area (Å²) in [6.45, 7) is 3.79. The van der Waals surface area contributed by atoms with Gasteiger partial charge < -0.3 is 14.8 Å². The van der Waals surface area contributed by atoms with Crippen LogP contribution in [0.4, 0.5) is 5.95 Å². The summed E-state index contributed by atoms with van der Waals surface area (Å²) < 4.78 is 11.3. The van der Waals surface area contributed by atoms with Crippen molar-refractivity contribution in [1.82, 2.24) is 9.97 Å². The van der Waals surface area contributed by atoms with E-state index in [4.69, 9.17) is 14.7 Å². The molecule has 3 fully saturated rings. The molecule has 0 amide bonds. The number of nitrogens with zero attached hydrogens (tertiary/aromatic N) is 4. The first-order valence-electron chi connectivity index (χ1n) is 9.94. The second-order valence-electron chi connectivity index (χ2n) is 8.38. The smallest absolute Gasteiger partial charge is 0.358 e. The van der Waals surface area contributed by atoms with E-state index in [0.717, 1.165) is 36.0 Å². The summed E-state index contributed by atoms with van der Waals surface area (Å²) in [5.41, 5.74) is 2.17. The molecular formula is C23H20BrN5O3. The van der Waals surface area contributed by atoms with E-state index in [9.17, 15) is 10.1 Å². The van der Waals surface area contributed by atoms with Gasteiger partial charge in [0.15, 0.2) is 5.69 Å². The zero-order chi connectivity index (χ0) is 23.1. The van der Waals surface area contributed by atoms with Crippen LogP contribution < -0.4 is 10.1 Å². The van der Waals surface area contributed by atoms with Gasteiger partial charge >= 0.3 is 5.97 Å². The van der Waals surface area contributed by atoms with E-state index in [-0.39, 0.29) is 32.9 Å². The second kappa shape index (κ2) is 7.92. The topological polar surface area (TPSA) is 121 Å². The fourth-order valence-corrected chi connectivity index (χ4v) is 4.95. The Bertz CT molecular complexity index is 1200. The van der Waals surface area contributed by atoms with Gasteiger partial charge in [-0.2, -0.15) is 15.5 Å². The van der Waals surface area contributed by atoms with E-state index in [1.165, 1.54) is 13.2 Å². The number of ether oxygens (including phenoxy) is 2. The number of aromatic nitrogens is 2. The van der Waals surface area contributed by atoms with Crippen molar-refractivity contribution in [2.24, 2.45) is 5.41 Å². The van der Waals surface area contributed by atoms with Crippen LogP contribution in [0.25, 0.3) is 6.08 Å². The van der Waals surface area contributed by atoms with Gasteiger partial charge in [-0.1, -0.05) is 0 Å². The van der Waals surface area contributed by atoms with Crippen LogP contribution in [0.3, 0.4) is 0 Å². The average molecular weight is 494 g/mol. The minimum Gasteiger partial charge on any atom is -0.464 e. The molecule has 0 spiro atoms. The zero-order valence-corrected chi connectivity index (χ0v) is 19.4. The highest BCUT2D eigenvalue weighted by Crippen LogP contribution is 2.67. The summed E-state index contributed by atoms with van der Waals surface area (Å²) in [7, 11) is 1.28. The molecule has 0 saturated heterocycles. The highest BCUT2D eigenvalue weighted by molar-refractivity contribution is 9.10. The van der Waals surface area contributed by atoms with E-state index >= 15 is 0 Å². The molecule has 1 heterocycles. The van der Waals surface area contributed by atoms with Gasteiger partial charge in [-0.15, -0.1) is 0 Å². The zero-order valence-electron chi connectivity index (χ0n) is 17.8. The molecule has 2 bridgehead atoms. The predicted molar refractivity (Wildman–Crippen MR) is 120 cm³/mol. The fourth-order valence-electron chi connectivity index (χ4n) is 4.53. The van der Waals surface area contributed by atoms with Crippen molar-refractivity contribution in [3.63, 3.8) is 0 Å². The van der Waals surface area contributed by atoms with E-state index < -0.39 is 5.97 Å². The quantitative estimate of drug-likeness (QED) is 0.448. The summed E-state index contributed by atoms with van der Waals surface area (Å²) >= 11 is 3.38. The van der Waals surface area contributed by atoms with Gasteiger partial charge in [-0.3, -0.25) is 0 Å². The Morgan fingerprint density at radius 3 is 2.44 bits per heavy atom. The maximum atomic E-state index is 12.3. The van der Waals surface area contributed by atoms with Crippen molar-refractivity contribution in [2.75, 3.05) is 12.4 Å². The molecule has 0 aliphatic heterocycles. The van der Waals surface area contributed by atoms with Crippen LogP contribution >= 0.6 is 15.9 Å². The second-order valence-corrected chi connectivity index (χ2v) is 9.18. The molecule has 0 unspecified atom stereocenters. The number of allylic oxidation sites excluding steroid dienone is 1. The normalized spacial score (nSPS) is 22.8. The highest BCUT2D eigenvalue weighted by atomic mass is 79.9.